The van der Waals surface area contributed by atoms with Crippen molar-refractivity contribution in [3.8, 4) is 0 Å². The quantitative estimate of drug-likeness (QED) is 0.472. The number of ether oxygens (including phenoxy) is 2. The van der Waals surface area contributed by atoms with Crippen LogP contribution in [0.25, 0.3) is 0 Å². The van der Waals surface area contributed by atoms with Crippen LogP contribution in [0.1, 0.15) is 0 Å². The Bertz CT molecular complexity index is 143. The van der Waals surface area contributed by atoms with E-state index in [0.29, 0.717) is 0 Å². The molecule has 0 amide bonds. The SMILES string of the molecule is OC[C@@]12OC=C[C@@H]1O2. The molecule has 0 saturated carbocycles. The molecule has 0 unspecified atom stereocenters. The highest BCUT2D eigenvalue weighted by molar-refractivity contribution is 5.12. The van der Waals surface area contributed by atoms with E-state index in [2.05, 4.69) is 0 Å². The van der Waals surface area contributed by atoms with Crippen molar-refractivity contribution < 1.29 is 14.6 Å². The zero-order valence-corrected chi connectivity index (χ0v) is 4.20. The number of hydrogen-bond acceptors (Lipinski definition) is 3. The summed E-state index contributed by atoms with van der Waals surface area (Å²) < 4.78 is 9.84. The second-order valence-electron chi connectivity index (χ2n) is 1.95. The van der Waals surface area contributed by atoms with E-state index in [-0.39, 0.29) is 12.7 Å². The van der Waals surface area contributed by atoms with Crippen LogP contribution in [0.5, 0.6) is 0 Å². The van der Waals surface area contributed by atoms with Crippen LogP contribution in [0.4, 0.5) is 0 Å². The van der Waals surface area contributed by atoms with E-state index in [1.807, 2.05) is 0 Å². The summed E-state index contributed by atoms with van der Waals surface area (Å²) in [5, 5.41) is 8.58. The zero-order chi connectivity index (χ0) is 5.61. The lowest BCUT2D eigenvalue weighted by Gasteiger charge is -2.02. The fourth-order valence-corrected chi connectivity index (χ4v) is 0.852. The maximum atomic E-state index is 8.58. The number of hydrogen-bond donors (Lipinski definition) is 1. The number of aliphatic hydroxyl groups is 1. The highest BCUT2D eigenvalue weighted by Gasteiger charge is 2.60. The topological polar surface area (TPSA) is 42.0 Å². The van der Waals surface area contributed by atoms with E-state index in [0.717, 1.165) is 0 Å². The van der Waals surface area contributed by atoms with E-state index in [9.17, 15) is 0 Å². The molecule has 0 radical (unpaired) electrons. The van der Waals surface area contributed by atoms with E-state index >= 15 is 0 Å². The Hall–Kier alpha value is -0.540. The Kier molecular flexibility index (Phi) is 0.578. The predicted molar refractivity (Wildman–Crippen MR) is 24.9 cm³/mol. The molecule has 44 valence electrons. The lowest BCUT2D eigenvalue weighted by molar-refractivity contribution is -0.0234. The first-order chi connectivity index (χ1) is 3.87. The van der Waals surface area contributed by atoms with Gasteiger partial charge in [0.1, 0.15) is 6.61 Å². The van der Waals surface area contributed by atoms with Gasteiger partial charge in [0.05, 0.1) is 6.26 Å². The van der Waals surface area contributed by atoms with Gasteiger partial charge in [-0.05, 0) is 6.08 Å². The molecule has 0 spiro atoms. The third-order valence-corrected chi connectivity index (χ3v) is 1.44. The summed E-state index contributed by atoms with van der Waals surface area (Å²) in [6.45, 7) is -0.0509. The van der Waals surface area contributed by atoms with Gasteiger partial charge in [-0.2, -0.15) is 0 Å². The number of fused-ring (bicyclic) bond motifs is 1. The summed E-state index contributed by atoms with van der Waals surface area (Å²) >= 11 is 0. The Morgan fingerprint density at radius 1 is 1.75 bits per heavy atom. The van der Waals surface area contributed by atoms with Gasteiger partial charge in [0.25, 0.3) is 5.79 Å². The van der Waals surface area contributed by atoms with Gasteiger partial charge in [0, 0.05) is 0 Å². The first-order valence-electron chi connectivity index (χ1n) is 2.50. The largest absolute Gasteiger partial charge is 0.464 e. The highest BCUT2D eigenvalue weighted by Crippen LogP contribution is 2.42. The van der Waals surface area contributed by atoms with Gasteiger partial charge in [-0.15, -0.1) is 0 Å². The standard InChI is InChI=1S/C5H6O3/c6-3-5-4(8-5)1-2-7-5/h1-2,4,6H,3H2/t4-,5-/m0/s1. The predicted octanol–water partition coefficient (Wildman–Crippen LogP) is -0.382. The third kappa shape index (κ3) is 0.319. The summed E-state index contributed by atoms with van der Waals surface area (Å²) in [5.41, 5.74) is 0. The molecule has 0 aromatic carbocycles. The van der Waals surface area contributed by atoms with Crippen LogP contribution >= 0.6 is 0 Å². The maximum Gasteiger partial charge on any atom is 0.264 e. The van der Waals surface area contributed by atoms with Crippen LogP contribution in [0, 0.1) is 0 Å². The highest BCUT2D eigenvalue weighted by atomic mass is 16.8. The normalized spacial score (nSPS) is 48.4. The minimum atomic E-state index is -0.653. The van der Waals surface area contributed by atoms with Crippen LogP contribution < -0.4 is 0 Å². The van der Waals surface area contributed by atoms with Gasteiger partial charge in [-0.3, -0.25) is 0 Å². The summed E-state index contributed by atoms with van der Waals surface area (Å²) in [6, 6.07) is 0. The van der Waals surface area contributed by atoms with Crippen LogP contribution in [-0.2, 0) is 9.47 Å². The van der Waals surface area contributed by atoms with Crippen LogP contribution in [-0.4, -0.2) is 23.6 Å². The van der Waals surface area contributed by atoms with Gasteiger partial charge in [0.2, 0.25) is 0 Å². The molecule has 2 atom stereocenters. The first-order valence-corrected chi connectivity index (χ1v) is 2.50. The molecular weight excluding hydrogens is 108 g/mol. The number of rotatable bonds is 1. The molecule has 0 bridgehead atoms. The van der Waals surface area contributed by atoms with Crippen LogP contribution in [0.15, 0.2) is 12.3 Å². The zero-order valence-electron chi connectivity index (χ0n) is 4.20. The lowest BCUT2D eigenvalue weighted by Crippen LogP contribution is -2.17. The molecule has 1 N–H and O–H groups in total. The van der Waals surface area contributed by atoms with E-state index < -0.39 is 5.79 Å². The van der Waals surface area contributed by atoms with Gasteiger partial charge in [-0.25, -0.2) is 0 Å². The van der Waals surface area contributed by atoms with Crippen molar-refractivity contribution in [2.45, 2.75) is 11.9 Å². The van der Waals surface area contributed by atoms with Gasteiger partial charge < -0.3 is 14.6 Å². The van der Waals surface area contributed by atoms with Gasteiger partial charge in [-0.1, -0.05) is 0 Å². The Morgan fingerprint density at radius 3 is 2.88 bits per heavy atom. The minimum absolute atomic E-state index is 0.0208. The lowest BCUT2D eigenvalue weighted by atomic mass is 10.3. The summed E-state index contributed by atoms with van der Waals surface area (Å²) in [7, 11) is 0. The Labute approximate surface area is 46.5 Å². The maximum absolute atomic E-state index is 8.58. The molecular formula is C5H6O3. The van der Waals surface area contributed by atoms with E-state index in [1.165, 1.54) is 0 Å². The molecule has 0 aromatic heterocycles. The smallest absolute Gasteiger partial charge is 0.264 e. The third-order valence-electron chi connectivity index (χ3n) is 1.44. The fourth-order valence-electron chi connectivity index (χ4n) is 0.852. The van der Waals surface area contributed by atoms with Gasteiger partial charge >= 0.3 is 0 Å². The Balaban J connectivity index is 2.15. The van der Waals surface area contributed by atoms with Crippen molar-refractivity contribution in [3.63, 3.8) is 0 Å². The summed E-state index contributed by atoms with van der Waals surface area (Å²) in [4.78, 5) is 0. The first kappa shape index (κ1) is 4.35. The molecule has 1 saturated heterocycles. The van der Waals surface area contributed by atoms with Crippen molar-refractivity contribution in [2.24, 2.45) is 0 Å². The second kappa shape index (κ2) is 1.06. The summed E-state index contributed by atoms with van der Waals surface area (Å²) in [6.07, 6.45) is 3.37. The second-order valence-corrected chi connectivity index (χ2v) is 1.95. The van der Waals surface area contributed by atoms with Crippen molar-refractivity contribution in [2.75, 3.05) is 6.61 Å². The molecule has 0 aromatic rings. The molecule has 3 nitrogen and oxygen atoms in total. The van der Waals surface area contributed by atoms with Crippen molar-refractivity contribution in [1.82, 2.24) is 0 Å². The molecule has 2 aliphatic rings. The average molecular weight is 114 g/mol. The molecule has 8 heavy (non-hydrogen) atoms. The summed E-state index contributed by atoms with van der Waals surface area (Å²) in [5.74, 6) is -0.653. The number of aliphatic hydroxyl groups excluding tert-OH is 1. The van der Waals surface area contributed by atoms with E-state index in [1.54, 1.807) is 12.3 Å². The molecule has 0 aliphatic carbocycles. The molecule has 3 heteroatoms. The Morgan fingerprint density at radius 2 is 2.62 bits per heavy atom. The van der Waals surface area contributed by atoms with Crippen LogP contribution in [0.3, 0.4) is 0 Å². The van der Waals surface area contributed by atoms with Gasteiger partial charge in [0.15, 0.2) is 6.10 Å². The van der Waals surface area contributed by atoms with Crippen LogP contribution in [0.2, 0.25) is 0 Å². The molecule has 2 rings (SSSR count). The number of epoxide rings is 1. The van der Waals surface area contributed by atoms with Crippen molar-refractivity contribution in [1.29, 1.82) is 0 Å². The minimum Gasteiger partial charge on any atom is -0.464 e. The molecule has 2 heterocycles. The molecule has 2 aliphatic heterocycles. The molecule has 1 fully saturated rings. The van der Waals surface area contributed by atoms with Crippen molar-refractivity contribution >= 4 is 0 Å². The monoisotopic (exact) mass is 114 g/mol. The average Bonchev–Trinajstić information content (AvgIpc) is 2.38. The fraction of sp³-hybridized carbons (Fsp3) is 0.600. The van der Waals surface area contributed by atoms with E-state index in [4.69, 9.17) is 14.6 Å². The van der Waals surface area contributed by atoms with Crippen molar-refractivity contribution in [3.05, 3.63) is 12.3 Å².